The normalized spacial score (nSPS) is 13.6. The monoisotopic (exact) mass is 231 g/mol. The molecule has 0 bridgehead atoms. The van der Waals surface area contributed by atoms with Crippen LogP contribution in [0.3, 0.4) is 0 Å². The fraction of sp³-hybridized carbons (Fsp3) is 1.00. The van der Waals surface area contributed by atoms with Gasteiger partial charge in [-0.3, -0.25) is 0 Å². The zero-order valence-electron chi connectivity index (χ0n) is 9.84. The van der Waals surface area contributed by atoms with E-state index in [1.54, 1.807) is 0 Å². The predicted molar refractivity (Wildman–Crippen MR) is 54.9 cm³/mol. The minimum absolute atomic E-state index is 0. The summed E-state index contributed by atoms with van der Waals surface area (Å²) in [4.78, 5) is 0. The number of rotatable bonds is 3. The smallest absolute Gasteiger partial charge is 0.735 e. The second-order valence-electron chi connectivity index (χ2n) is 4.91. The molecule has 0 spiro atoms. The Labute approximate surface area is 99.9 Å². The standard InChI is InChI=1S/C7H19NO3SSi.Li/c1-7(2,3)13(4,5)6-8-12(9,10)11;/h8H,6H2,1-5H3,(H,9,10,11);/q;+1/p-1. The summed E-state index contributed by atoms with van der Waals surface area (Å²) in [6.07, 6.45) is 0.308. The van der Waals surface area contributed by atoms with Crippen molar-refractivity contribution in [3.63, 3.8) is 0 Å². The van der Waals surface area contributed by atoms with E-state index in [2.05, 4.69) is 33.9 Å². The van der Waals surface area contributed by atoms with Gasteiger partial charge in [-0.2, -0.15) is 0 Å². The van der Waals surface area contributed by atoms with Gasteiger partial charge < -0.3 is 4.55 Å². The van der Waals surface area contributed by atoms with E-state index in [0.29, 0.717) is 6.17 Å². The summed E-state index contributed by atoms with van der Waals surface area (Å²) < 4.78 is 33.1. The zero-order valence-corrected chi connectivity index (χ0v) is 11.7. The summed E-state index contributed by atoms with van der Waals surface area (Å²) in [6, 6.07) is 0. The maximum Gasteiger partial charge on any atom is 1.00 e. The van der Waals surface area contributed by atoms with Crippen LogP contribution in [0.4, 0.5) is 0 Å². The van der Waals surface area contributed by atoms with Crippen molar-refractivity contribution < 1.29 is 31.8 Å². The molecule has 0 rings (SSSR count). The SMILES string of the molecule is CC(C)(C)[Si](C)(C)CNS(=O)(=O)[O-].[Li+]. The predicted octanol–water partition coefficient (Wildman–Crippen LogP) is -1.91. The van der Waals surface area contributed by atoms with E-state index in [0.717, 1.165) is 0 Å². The van der Waals surface area contributed by atoms with Crippen molar-refractivity contribution in [1.82, 2.24) is 4.72 Å². The van der Waals surface area contributed by atoms with E-state index >= 15 is 0 Å². The zero-order chi connectivity index (χ0) is 10.9. The van der Waals surface area contributed by atoms with Crippen LogP contribution in [0.1, 0.15) is 20.8 Å². The fourth-order valence-corrected chi connectivity index (χ4v) is 3.21. The largest absolute Gasteiger partial charge is 1.00 e. The van der Waals surface area contributed by atoms with Gasteiger partial charge in [-0.15, -0.1) is 0 Å². The third-order valence-electron chi connectivity index (χ3n) is 2.72. The Kier molecular flexibility index (Phi) is 6.28. The summed E-state index contributed by atoms with van der Waals surface area (Å²) in [6.45, 7) is 10.3. The molecule has 1 N–H and O–H groups in total. The average molecular weight is 231 g/mol. The minimum Gasteiger partial charge on any atom is -0.735 e. The van der Waals surface area contributed by atoms with E-state index in [1.807, 2.05) is 4.72 Å². The van der Waals surface area contributed by atoms with Gasteiger partial charge in [0.2, 0.25) is 0 Å². The molecular weight excluding hydrogens is 213 g/mol. The first-order chi connectivity index (χ1) is 5.46. The Morgan fingerprint density at radius 2 is 1.64 bits per heavy atom. The van der Waals surface area contributed by atoms with Crippen molar-refractivity contribution in [1.29, 1.82) is 0 Å². The van der Waals surface area contributed by atoms with Gasteiger partial charge in [-0.05, 0) is 5.04 Å². The van der Waals surface area contributed by atoms with Gasteiger partial charge >= 0.3 is 18.9 Å². The summed E-state index contributed by atoms with van der Waals surface area (Å²) in [5.41, 5.74) is 0. The van der Waals surface area contributed by atoms with E-state index in [-0.39, 0.29) is 23.9 Å². The molecule has 0 radical (unpaired) electrons. The van der Waals surface area contributed by atoms with Crippen LogP contribution >= 0.6 is 0 Å². The summed E-state index contributed by atoms with van der Waals surface area (Å²) in [5, 5.41) is 0.0880. The van der Waals surface area contributed by atoms with Gasteiger partial charge in [0.15, 0.2) is 10.3 Å². The van der Waals surface area contributed by atoms with Crippen molar-refractivity contribution in [2.24, 2.45) is 0 Å². The molecule has 0 saturated carbocycles. The van der Waals surface area contributed by atoms with E-state index in [1.165, 1.54) is 0 Å². The maximum atomic E-state index is 10.4. The van der Waals surface area contributed by atoms with Crippen molar-refractivity contribution in [2.45, 2.75) is 38.9 Å². The quantitative estimate of drug-likeness (QED) is 0.455. The van der Waals surface area contributed by atoms with E-state index in [9.17, 15) is 13.0 Å². The van der Waals surface area contributed by atoms with Crippen LogP contribution in [0.2, 0.25) is 18.1 Å². The van der Waals surface area contributed by atoms with Crippen LogP contribution in [0.15, 0.2) is 0 Å². The van der Waals surface area contributed by atoms with Crippen LogP contribution < -0.4 is 23.6 Å². The molecule has 0 fully saturated rings. The molecule has 0 aliphatic heterocycles. The third kappa shape index (κ3) is 6.22. The van der Waals surface area contributed by atoms with E-state index in [4.69, 9.17) is 0 Å². The fourth-order valence-electron chi connectivity index (χ4n) is 0.534. The molecule has 0 aliphatic rings. The molecule has 7 heteroatoms. The van der Waals surface area contributed by atoms with E-state index < -0.39 is 18.4 Å². The molecule has 0 heterocycles. The first-order valence-corrected chi connectivity index (χ1v) is 8.78. The first kappa shape index (κ1) is 17.1. The summed E-state index contributed by atoms with van der Waals surface area (Å²) in [5.74, 6) is 0. The van der Waals surface area contributed by atoms with Gasteiger partial charge in [0, 0.05) is 6.17 Å². The van der Waals surface area contributed by atoms with Crippen LogP contribution in [-0.4, -0.2) is 27.2 Å². The van der Waals surface area contributed by atoms with Crippen molar-refractivity contribution in [3.05, 3.63) is 0 Å². The molecular formula is C7H18LiNO3SSi. The average Bonchev–Trinajstić information content (AvgIpc) is 1.79. The molecule has 0 aliphatic carbocycles. The Bertz CT molecular complexity index is 271. The third-order valence-corrected chi connectivity index (χ3v) is 8.60. The van der Waals surface area contributed by atoms with Gasteiger partial charge in [0.05, 0.1) is 8.07 Å². The van der Waals surface area contributed by atoms with Gasteiger partial charge in [-0.1, -0.05) is 33.9 Å². The molecule has 0 unspecified atom stereocenters. The Hall–Kier alpha value is 0.684. The molecule has 0 saturated heterocycles. The molecule has 0 aromatic carbocycles. The minimum atomic E-state index is -4.28. The van der Waals surface area contributed by atoms with Crippen LogP contribution in [0, 0.1) is 0 Å². The second-order valence-corrected chi connectivity index (χ2v) is 11.7. The molecule has 4 nitrogen and oxygen atoms in total. The van der Waals surface area contributed by atoms with Gasteiger partial charge in [0.1, 0.15) is 0 Å². The molecule has 0 amide bonds. The number of hydrogen-bond donors (Lipinski definition) is 1. The van der Waals surface area contributed by atoms with Gasteiger partial charge in [-0.25, -0.2) is 13.1 Å². The molecule has 0 atom stereocenters. The molecule has 80 valence electrons. The first-order valence-electron chi connectivity index (χ1n) is 4.16. The summed E-state index contributed by atoms with van der Waals surface area (Å²) in [7, 11) is -5.99. The van der Waals surface area contributed by atoms with Crippen molar-refractivity contribution in [3.8, 4) is 0 Å². The van der Waals surface area contributed by atoms with Crippen LogP contribution in [0.5, 0.6) is 0 Å². The van der Waals surface area contributed by atoms with Crippen molar-refractivity contribution in [2.75, 3.05) is 6.17 Å². The second kappa shape index (κ2) is 5.15. The Morgan fingerprint density at radius 3 is 1.86 bits per heavy atom. The number of hydrogen-bond acceptors (Lipinski definition) is 3. The topological polar surface area (TPSA) is 69.2 Å². The van der Waals surface area contributed by atoms with Crippen LogP contribution in [0.25, 0.3) is 0 Å². The van der Waals surface area contributed by atoms with Crippen molar-refractivity contribution >= 4 is 18.4 Å². The van der Waals surface area contributed by atoms with Gasteiger partial charge in [0.25, 0.3) is 0 Å². The molecule has 14 heavy (non-hydrogen) atoms. The Morgan fingerprint density at radius 1 is 1.29 bits per heavy atom. The maximum absolute atomic E-state index is 10.4. The molecule has 0 aromatic rings. The number of nitrogens with one attached hydrogen (secondary N) is 1. The molecule has 0 aromatic heterocycles. The summed E-state index contributed by atoms with van der Waals surface area (Å²) >= 11 is 0. The Balaban J connectivity index is 0. The van der Waals surface area contributed by atoms with Crippen LogP contribution in [-0.2, 0) is 10.3 Å².